The van der Waals surface area contributed by atoms with Crippen LogP contribution in [0.15, 0.2) is 22.9 Å². The van der Waals surface area contributed by atoms with E-state index in [0.717, 1.165) is 12.1 Å². The largest absolute Gasteiger partial charge is 0.424 e. The molecule has 1 heterocycles. The molecule has 1 aliphatic carbocycles. The molecule has 0 saturated heterocycles. The summed E-state index contributed by atoms with van der Waals surface area (Å²) in [6.07, 6.45) is -0.370. The molecule has 1 saturated carbocycles. The summed E-state index contributed by atoms with van der Waals surface area (Å²) in [5.41, 5.74) is 0. The van der Waals surface area contributed by atoms with Gasteiger partial charge < -0.3 is 4.74 Å². The smallest absolute Gasteiger partial charge is 0.321 e. The van der Waals surface area contributed by atoms with E-state index in [2.05, 4.69) is 26.0 Å². The van der Waals surface area contributed by atoms with Crippen LogP contribution in [-0.2, 0) is 6.54 Å². The molecule has 9 heteroatoms. The predicted molar refractivity (Wildman–Crippen MR) is 76.9 cm³/mol. The monoisotopic (exact) mass is 395 g/mol. The molecule has 2 aromatic rings. The second-order valence-electron chi connectivity index (χ2n) is 5.18. The third-order valence-corrected chi connectivity index (χ3v) is 3.82. The van der Waals surface area contributed by atoms with Crippen molar-refractivity contribution >= 4 is 27.5 Å². The maximum absolute atomic E-state index is 13.3. The Morgan fingerprint density at radius 1 is 1.36 bits per heavy atom. The number of ether oxygens (including phenoxy) is 1. The molecule has 0 unspecified atom stereocenters. The summed E-state index contributed by atoms with van der Waals surface area (Å²) in [6, 6.07) is 3.81. The Kier molecular flexibility index (Phi) is 4.07. The van der Waals surface area contributed by atoms with Crippen LogP contribution < -0.4 is 4.74 Å². The van der Waals surface area contributed by atoms with Crippen molar-refractivity contribution in [3.63, 3.8) is 0 Å². The fraction of sp³-hybridized carbons (Fsp3) is 0.385. The van der Waals surface area contributed by atoms with Gasteiger partial charge in [-0.2, -0.15) is 4.98 Å². The molecule has 0 aliphatic heterocycles. The van der Waals surface area contributed by atoms with Crippen LogP contribution in [0.25, 0.3) is 0 Å². The Bertz CT molecular complexity index is 682. The second-order valence-corrected chi connectivity index (χ2v) is 6.33. The van der Waals surface area contributed by atoms with Crippen LogP contribution in [0.3, 0.4) is 0 Å². The van der Waals surface area contributed by atoms with Gasteiger partial charge in [0.15, 0.2) is 0 Å². The van der Waals surface area contributed by atoms with Gasteiger partial charge in [-0.15, -0.1) is 5.10 Å². The highest BCUT2D eigenvalue weighted by Gasteiger charge is 2.45. The van der Waals surface area contributed by atoms with E-state index in [9.17, 15) is 13.2 Å². The topological polar surface area (TPSA) is 39.9 Å². The zero-order valence-electron chi connectivity index (χ0n) is 11.1. The molecule has 1 aromatic heterocycles. The lowest BCUT2D eigenvalue weighted by atomic mass is 9.81. The van der Waals surface area contributed by atoms with Crippen LogP contribution in [0.2, 0.25) is 5.02 Å². The first kappa shape index (κ1) is 15.6. The molecule has 0 radical (unpaired) electrons. The van der Waals surface area contributed by atoms with Gasteiger partial charge >= 0.3 is 6.01 Å². The highest BCUT2D eigenvalue weighted by atomic mass is 79.9. The zero-order chi connectivity index (χ0) is 15.9. The minimum absolute atomic E-state index is 0.0868. The number of aromatic nitrogens is 3. The SMILES string of the molecule is Fc1cc(Cl)cc(Oc2nc(Br)nn2CC2CC(F)(F)C2)c1. The quantitative estimate of drug-likeness (QED) is 0.754. The Morgan fingerprint density at radius 3 is 2.73 bits per heavy atom. The summed E-state index contributed by atoms with van der Waals surface area (Å²) in [5, 5.41) is 4.23. The van der Waals surface area contributed by atoms with Crippen molar-refractivity contribution in [2.75, 3.05) is 0 Å². The zero-order valence-corrected chi connectivity index (χ0v) is 13.4. The van der Waals surface area contributed by atoms with Gasteiger partial charge in [-0.1, -0.05) is 11.6 Å². The molecule has 0 atom stereocenters. The lowest BCUT2D eigenvalue weighted by Gasteiger charge is -2.34. The predicted octanol–water partition coefficient (Wildman–Crippen LogP) is 4.67. The summed E-state index contributed by atoms with van der Waals surface area (Å²) >= 11 is 8.86. The number of rotatable bonds is 4. The summed E-state index contributed by atoms with van der Waals surface area (Å²) < 4.78 is 46.2. The van der Waals surface area contributed by atoms with Crippen LogP contribution in [-0.4, -0.2) is 20.7 Å². The minimum Gasteiger partial charge on any atom is -0.424 e. The van der Waals surface area contributed by atoms with E-state index in [1.54, 1.807) is 0 Å². The van der Waals surface area contributed by atoms with E-state index in [-0.39, 0.29) is 46.8 Å². The van der Waals surface area contributed by atoms with Crippen LogP contribution in [0.4, 0.5) is 13.2 Å². The van der Waals surface area contributed by atoms with Gasteiger partial charge in [0.1, 0.15) is 11.6 Å². The Balaban J connectivity index is 1.76. The molecule has 118 valence electrons. The Morgan fingerprint density at radius 2 is 2.09 bits per heavy atom. The fourth-order valence-corrected chi connectivity index (χ4v) is 2.90. The highest BCUT2D eigenvalue weighted by molar-refractivity contribution is 9.10. The first-order valence-electron chi connectivity index (χ1n) is 6.43. The van der Waals surface area contributed by atoms with Gasteiger partial charge in [-0.3, -0.25) is 0 Å². The molecule has 0 amide bonds. The normalized spacial score (nSPS) is 17.3. The van der Waals surface area contributed by atoms with Crippen molar-refractivity contribution in [3.8, 4) is 11.8 Å². The molecule has 3 rings (SSSR count). The lowest BCUT2D eigenvalue weighted by molar-refractivity contribution is -0.115. The molecule has 0 spiro atoms. The third-order valence-electron chi connectivity index (χ3n) is 3.26. The van der Waals surface area contributed by atoms with Gasteiger partial charge in [0, 0.05) is 30.5 Å². The first-order valence-corrected chi connectivity index (χ1v) is 7.60. The van der Waals surface area contributed by atoms with E-state index >= 15 is 0 Å². The van der Waals surface area contributed by atoms with E-state index in [1.165, 1.54) is 10.7 Å². The lowest BCUT2D eigenvalue weighted by Crippen LogP contribution is -2.37. The van der Waals surface area contributed by atoms with E-state index in [1.807, 2.05) is 0 Å². The van der Waals surface area contributed by atoms with Crippen LogP contribution in [0.1, 0.15) is 12.8 Å². The molecule has 22 heavy (non-hydrogen) atoms. The standard InChI is InChI=1S/C13H10BrClF3N3O/c14-11-19-12(22-10-2-8(15)1-9(16)3-10)21(20-11)6-7-4-13(17,18)5-7/h1-3,7H,4-6H2. The van der Waals surface area contributed by atoms with Gasteiger partial charge in [-0.25, -0.2) is 17.9 Å². The minimum atomic E-state index is -2.60. The second kappa shape index (κ2) is 5.73. The van der Waals surface area contributed by atoms with Crippen molar-refractivity contribution < 1.29 is 17.9 Å². The fourth-order valence-electron chi connectivity index (χ4n) is 2.35. The van der Waals surface area contributed by atoms with Gasteiger partial charge in [-0.05, 0) is 34.0 Å². The average Bonchev–Trinajstić information content (AvgIpc) is 2.65. The van der Waals surface area contributed by atoms with E-state index in [4.69, 9.17) is 16.3 Å². The van der Waals surface area contributed by atoms with Crippen molar-refractivity contribution in [2.45, 2.75) is 25.3 Å². The first-order chi connectivity index (χ1) is 10.3. The van der Waals surface area contributed by atoms with Crippen LogP contribution in [0.5, 0.6) is 11.8 Å². The summed E-state index contributed by atoms with van der Waals surface area (Å²) in [7, 11) is 0. The van der Waals surface area contributed by atoms with Crippen molar-refractivity contribution in [1.82, 2.24) is 14.8 Å². The number of alkyl halides is 2. The number of hydrogen-bond acceptors (Lipinski definition) is 3. The van der Waals surface area contributed by atoms with Gasteiger partial charge in [0.05, 0.1) is 0 Å². The Labute approximate surface area is 137 Å². The number of benzene rings is 1. The van der Waals surface area contributed by atoms with Crippen molar-refractivity contribution in [3.05, 3.63) is 33.8 Å². The average molecular weight is 397 g/mol. The number of halogens is 5. The summed E-state index contributed by atoms with van der Waals surface area (Å²) in [4.78, 5) is 4.01. The maximum Gasteiger partial charge on any atom is 0.321 e. The van der Waals surface area contributed by atoms with Crippen LogP contribution in [0, 0.1) is 11.7 Å². The van der Waals surface area contributed by atoms with Crippen LogP contribution >= 0.6 is 27.5 Å². The van der Waals surface area contributed by atoms with Gasteiger partial charge in [0.25, 0.3) is 0 Å². The molecule has 0 N–H and O–H groups in total. The van der Waals surface area contributed by atoms with Gasteiger partial charge in [0.2, 0.25) is 10.7 Å². The Hall–Kier alpha value is -1.28. The number of nitrogens with zero attached hydrogens (tertiary/aromatic N) is 3. The molecular formula is C13H10BrClF3N3O. The molecule has 4 nitrogen and oxygen atoms in total. The molecular weight excluding hydrogens is 387 g/mol. The maximum atomic E-state index is 13.3. The van der Waals surface area contributed by atoms with Crippen molar-refractivity contribution in [2.24, 2.45) is 5.92 Å². The van der Waals surface area contributed by atoms with Crippen molar-refractivity contribution in [1.29, 1.82) is 0 Å². The molecule has 1 aliphatic rings. The number of hydrogen-bond donors (Lipinski definition) is 0. The summed E-state index contributed by atoms with van der Waals surface area (Å²) in [6.45, 7) is 0.257. The molecule has 0 bridgehead atoms. The third kappa shape index (κ3) is 3.55. The van der Waals surface area contributed by atoms with E-state index < -0.39 is 11.7 Å². The van der Waals surface area contributed by atoms with E-state index in [0.29, 0.717) is 0 Å². The highest BCUT2D eigenvalue weighted by Crippen LogP contribution is 2.43. The molecule has 1 aromatic carbocycles. The summed E-state index contributed by atoms with van der Waals surface area (Å²) in [5.74, 6) is -3.18. The molecule has 1 fully saturated rings.